The molecule has 1 aliphatic carbocycles. The molecule has 2 aliphatic heterocycles. The number of Topliss-reactive ketones (excluding diaryl/α,β-unsaturated/α-hetero) is 1. The predicted molar refractivity (Wildman–Crippen MR) is 111 cm³/mol. The monoisotopic (exact) mass is 435 g/mol. The zero-order valence-electron chi connectivity index (χ0n) is 16.7. The van der Waals surface area contributed by atoms with Crippen molar-refractivity contribution in [1.82, 2.24) is 4.90 Å². The molecule has 1 aromatic carbocycles. The van der Waals surface area contributed by atoms with Crippen LogP contribution in [0.25, 0.3) is 0 Å². The lowest BCUT2D eigenvalue weighted by atomic mass is 9.69. The maximum Gasteiger partial charge on any atom is 0.513 e. The third-order valence-electron chi connectivity index (χ3n) is 5.83. The van der Waals surface area contributed by atoms with Crippen molar-refractivity contribution in [3.05, 3.63) is 56.5 Å². The highest BCUT2D eigenvalue weighted by Gasteiger charge is 2.47. The first-order chi connectivity index (χ1) is 13.7. The van der Waals surface area contributed by atoms with Gasteiger partial charge in [0.2, 0.25) is 0 Å². The Balaban J connectivity index is 1.96. The van der Waals surface area contributed by atoms with Gasteiger partial charge in [-0.05, 0) is 36.3 Å². The molecular weight excluding hydrogens is 413 g/mol. The summed E-state index contributed by atoms with van der Waals surface area (Å²) in [6.45, 7) is 5.01. The van der Waals surface area contributed by atoms with E-state index in [4.69, 9.17) is 32.7 Å². The van der Waals surface area contributed by atoms with Crippen LogP contribution in [0.15, 0.2) is 40.9 Å². The number of nitrogens with zero attached hydrogens (tertiary/aromatic N) is 1. The zero-order chi connectivity index (χ0) is 20.9. The average Bonchev–Trinajstić information content (AvgIpc) is 3.14. The molecule has 0 saturated carbocycles. The minimum Gasteiger partial charge on any atom is -0.437 e. The van der Waals surface area contributed by atoms with Gasteiger partial charge in [-0.15, -0.1) is 0 Å². The summed E-state index contributed by atoms with van der Waals surface area (Å²) in [6.07, 6.45) is 2.07. The molecule has 1 saturated heterocycles. The summed E-state index contributed by atoms with van der Waals surface area (Å²) in [5, 5.41) is 0.757. The maximum absolute atomic E-state index is 13.4. The molecule has 5 nitrogen and oxygen atoms in total. The highest BCUT2D eigenvalue weighted by atomic mass is 35.5. The van der Waals surface area contributed by atoms with Gasteiger partial charge < -0.3 is 14.4 Å². The molecule has 0 bridgehead atoms. The van der Waals surface area contributed by atoms with Crippen molar-refractivity contribution in [3.8, 4) is 0 Å². The Morgan fingerprint density at radius 3 is 2.69 bits per heavy atom. The van der Waals surface area contributed by atoms with E-state index in [1.54, 1.807) is 12.1 Å². The van der Waals surface area contributed by atoms with E-state index in [1.807, 2.05) is 6.07 Å². The molecule has 1 aromatic rings. The van der Waals surface area contributed by atoms with E-state index in [0.717, 1.165) is 37.2 Å². The molecule has 4 rings (SSSR count). The number of ether oxygens (including phenoxy) is 2. The van der Waals surface area contributed by atoms with Crippen molar-refractivity contribution >= 4 is 35.1 Å². The highest BCUT2D eigenvalue weighted by molar-refractivity contribution is 6.42. The summed E-state index contributed by atoms with van der Waals surface area (Å²) < 4.78 is 10.4. The Morgan fingerprint density at radius 1 is 1.21 bits per heavy atom. The van der Waals surface area contributed by atoms with Crippen LogP contribution in [0.5, 0.6) is 0 Å². The topological polar surface area (TPSA) is 55.8 Å². The Hall–Kier alpha value is -1.98. The molecule has 1 unspecified atom stereocenters. The Labute approximate surface area is 180 Å². The van der Waals surface area contributed by atoms with Gasteiger partial charge in [0, 0.05) is 24.2 Å². The van der Waals surface area contributed by atoms with Gasteiger partial charge in [0.1, 0.15) is 5.76 Å². The lowest BCUT2D eigenvalue weighted by Crippen LogP contribution is -2.39. The Bertz CT molecular complexity index is 964. The molecule has 0 aromatic heterocycles. The molecule has 0 amide bonds. The van der Waals surface area contributed by atoms with Crippen molar-refractivity contribution in [3.63, 3.8) is 0 Å². The fraction of sp³-hybridized carbons (Fsp3) is 0.455. The van der Waals surface area contributed by atoms with E-state index in [-0.39, 0.29) is 11.2 Å². The van der Waals surface area contributed by atoms with Crippen molar-refractivity contribution in [1.29, 1.82) is 0 Å². The van der Waals surface area contributed by atoms with E-state index >= 15 is 0 Å². The second-order valence-electron chi connectivity index (χ2n) is 8.50. The van der Waals surface area contributed by atoms with Crippen LogP contribution in [-0.2, 0) is 14.3 Å². The van der Waals surface area contributed by atoms with Crippen LogP contribution in [0.1, 0.15) is 51.0 Å². The van der Waals surface area contributed by atoms with Gasteiger partial charge >= 0.3 is 6.16 Å². The molecule has 3 aliphatic rings. The van der Waals surface area contributed by atoms with Crippen LogP contribution in [0, 0.1) is 5.41 Å². The number of methoxy groups -OCH3 is 1. The smallest absolute Gasteiger partial charge is 0.437 e. The number of halogens is 2. The SMILES string of the molecule is COC(=O)OC1=C2CCCN2C2=C(C(=O)CC(C)(C)C2)C1c1cccc(Cl)c1Cl. The van der Waals surface area contributed by atoms with Gasteiger partial charge in [0.05, 0.1) is 28.8 Å². The number of hydrogen-bond acceptors (Lipinski definition) is 5. The molecule has 7 heteroatoms. The van der Waals surface area contributed by atoms with Crippen molar-refractivity contribution in [2.24, 2.45) is 5.41 Å². The van der Waals surface area contributed by atoms with Gasteiger partial charge in [-0.2, -0.15) is 0 Å². The molecular formula is C22H23Cl2NO4. The molecule has 2 heterocycles. The summed E-state index contributed by atoms with van der Waals surface area (Å²) in [6, 6.07) is 5.33. The van der Waals surface area contributed by atoms with Gasteiger partial charge in [-0.25, -0.2) is 4.79 Å². The minimum atomic E-state index is -0.810. The van der Waals surface area contributed by atoms with E-state index in [2.05, 4.69) is 18.7 Å². The fourth-order valence-electron chi connectivity index (χ4n) is 4.69. The summed E-state index contributed by atoms with van der Waals surface area (Å²) in [5.74, 6) is -0.109. The van der Waals surface area contributed by atoms with Crippen LogP contribution < -0.4 is 0 Å². The predicted octanol–water partition coefficient (Wildman–Crippen LogP) is 5.82. The Morgan fingerprint density at radius 2 is 1.97 bits per heavy atom. The first kappa shape index (κ1) is 20.3. The standard InChI is InChI=1S/C22H23Cl2NO4/c1-22(2)10-15-18(16(26)11-22)17(12-6-4-7-13(23)19(12)24)20(29-21(27)28-3)14-8-5-9-25(14)15/h4,6-7,17H,5,8-11H2,1-3H3. The van der Waals surface area contributed by atoms with Crippen molar-refractivity contribution in [2.45, 2.75) is 45.4 Å². The molecule has 0 spiro atoms. The third kappa shape index (κ3) is 3.44. The number of fused-ring (bicyclic) bond motifs is 2. The lowest BCUT2D eigenvalue weighted by molar-refractivity contribution is -0.118. The van der Waals surface area contributed by atoms with Gasteiger partial charge in [0.15, 0.2) is 5.78 Å². The van der Waals surface area contributed by atoms with Crippen LogP contribution in [0.3, 0.4) is 0 Å². The number of benzene rings is 1. The molecule has 0 radical (unpaired) electrons. The summed E-state index contributed by atoms with van der Waals surface area (Å²) >= 11 is 12.9. The van der Waals surface area contributed by atoms with Gasteiger partial charge in [-0.3, -0.25) is 4.79 Å². The summed E-state index contributed by atoms with van der Waals surface area (Å²) in [5.41, 5.74) is 3.11. The molecule has 1 atom stereocenters. The van der Waals surface area contributed by atoms with Crippen LogP contribution in [0.2, 0.25) is 10.0 Å². The molecule has 0 N–H and O–H groups in total. The molecule has 154 valence electrons. The summed E-state index contributed by atoms with van der Waals surface area (Å²) in [4.78, 5) is 27.6. The van der Waals surface area contributed by atoms with E-state index < -0.39 is 12.1 Å². The normalized spacial score (nSPS) is 23.1. The molecule has 1 fully saturated rings. The lowest BCUT2D eigenvalue weighted by Gasteiger charge is -2.43. The van der Waals surface area contributed by atoms with Crippen molar-refractivity contribution < 1.29 is 19.1 Å². The second kappa shape index (κ2) is 7.37. The number of rotatable bonds is 2. The third-order valence-corrected chi connectivity index (χ3v) is 6.66. The first-order valence-electron chi connectivity index (χ1n) is 9.70. The highest BCUT2D eigenvalue weighted by Crippen LogP contribution is 2.53. The average molecular weight is 436 g/mol. The zero-order valence-corrected chi connectivity index (χ0v) is 18.2. The number of carbonyl (C=O) groups excluding carboxylic acids is 2. The van der Waals surface area contributed by atoms with Crippen molar-refractivity contribution in [2.75, 3.05) is 13.7 Å². The maximum atomic E-state index is 13.4. The number of carbonyl (C=O) groups is 2. The number of ketones is 1. The van der Waals surface area contributed by atoms with Crippen LogP contribution >= 0.6 is 23.2 Å². The quantitative estimate of drug-likeness (QED) is 0.547. The number of allylic oxidation sites excluding steroid dienone is 3. The molecule has 29 heavy (non-hydrogen) atoms. The first-order valence-corrected chi connectivity index (χ1v) is 10.5. The minimum absolute atomic E-state index is 0.0502. The van der Waals surface area contributed by atoms with E-state index in [1.165, 1.54) is 7.11 Å². The summed E-state index contributed by atoms with van der Waals surface area (Å²) in [7, 11) is 1.27. The van der Waals surface area contributed by atoms with Gasteiger partial charge in [0.25, 0.3) is 0 Å². The van der Waals surface area contributed by atoms with E-state index in [0.29, 0.717) is 33.4 Å². The largest absolute Gasteiger partial charge is 0.513 e. The Kier molecular flexibility index (Phi) is 5.16. The second-order valence-corrected chi connectivity index (χ2v) is 9.28. The van der Waals surface area contributed by atoms with Crippen LogP contribution in [0.4, 0.5) is 4.79 Å². The van der Waals surface area contributed by atoms with Gasteiger partial charge in [-0.1, -0.05) is 49.2 Å². The fourth-order valence-corrected chi connectivity index (χ4v) is 5.10. The number of hydrogen-bond donors (Lipinski definition) is 0. The van der Waals surface area contributed by atoms with Crippen LogP contribution in [-0.4, -0.2) is 30.5 Å². The van der Waals surface area contributed by atoms with E-state index in [9.17, 15) is 9.59 Å².